The molecule has 2 aliphatic rings. The predicted molar refractivity (Wildman–Crippen MR) is 153 cm³/mol. The summed E-state index contributed by atoms with van der Waals surface area (Å²) >= 11 is 6.66. The summed E-state index contributed by atoms with van der Waals surface area (Å²) in [6.45, 7) is -3.38. The lowest BCUT2D eigenvalue weighted by Crippen LogP contribution is -2.50. The minimum Gasteiger partial charge on any atom is -0.489 e. The fourth-order valence-corrected chi connectivity index (χ4v) is 5.93. The van der Waals surface area contributed by atoms with Crippen LogP contribution in [-0.2, 0) is 13.2 Å². The van der Waals surface area contributed by atoms with Crippen molar-refractivity contribution in [3.8, 4) is 11.5 Å². The van der Waals surface area contributed by atoms with E-state index in [9.17, 15) is 0 Å². The van der Waals surface area contributed by atoms with E-state index in [-0.39, 0.29) is 0 Å². The Morgan fingerprint density at radius 1 is 0.737 bits per heavy atom. The normalized spacial score (nSPS) is 15.5. The first-order valence-electron chi connectivity index (χ1n) is 12.0. The van der Waals surface area contributed by atoms with Crippen molar-refractivity contribution in [1.29, 1.82) is 0 Å². The van der Waals surface area contributed by atoms with Crippen LogP contribution >= 0.6 is 31.9 Å². The zero-order valence-electron chi connectivity index (χ0n) is 20.0. The fraction of sp³-hybridized carbons (Fsp3) is 0.0690. The van der Waals surface area contributed by atoms with Gasteiger partial charge < -0.3 is 27.1 Å². The number of rotatable bonds is 7. The molecule has 0 unspecified atom stereocenters. The second-order valence-corrected chi connectivity index (χ2v) is 10.7. The second kappa shape index (κ2) is 10.0. The maximum Gasteiger partial charge on any atom is 0.738 e. The van der Waals surface area contributed by atoms with E-state index in [1.165, 1.54) is 0 Å². The van der Waals surface area contributed by atoms with Crippen LogP contribution in [0.4, 0.5) is 8.63 Å². The lowest BCUT2D eigenvalue weighted by Gasteiger charge is -2.32. The summed E-state index contributed by atoms with van der Waals surface area (Å²) in [6.07, 6.45) is 3.36. The van der Waals surface area contributed by atoms with Crippen LogP contribution in [0.1, 0.15) is 22.4 Å². The van der Waals surface area contributed by atoms with Crippen LogP contribution in [-0.4, -0.2) is 20.6 Å². The van der Waals surface area contributed by atoms with Crippen molar-refractivity contribution in [3.63, 3.8) is 0 Å². The van der Waals surface area contributed by atoms with Gasteiger partial charge in [0.2, 0.25) is 4.62 Å². The van der Waals surface area contributed by atoms with Crippen molar-refractivity contribution in [2.45, 2.75) is 13.2 Å². The van der Waals surface area contributed by atoms with Crippen LogP contribution < -0.4 is 9.47 Å². The molecule has 9 heteroatoms. The van der Waals surface area contributed by atoms with Gasteiger partial charge in [0.1, 0.15) is 24.7 Å². The van der Waals surface area contributed by atoms with E-state index in [0.29, 0.717) is 56.5 Å². The highest BCUT2D eigenvalue weighted by Gasteiger charge is 2.54. The van der Waals surface area contributed by atoms with Crippen molar-refractivity contribution in [2.75, 3.05) is 0 Å². The summed E-state index contributed by atoms with van der Waals surface area (Å²) in [4.78, 5) is 0. The van der Waals surface area contributed by atoms with Crippen molar-refractivity contribution in [3.05, 3.63) is 136 Å². The van der Waals surface area contributed by atoms with Gasteiger partial charge in [-0.05, 0) is 56.9 Å². The molecule has 4 nitrogen and oxygen atoms in total. The molecule has 0 atom stereocenters. The Balaban J connectivity index is 1.46. The molecule has 0 radical (unpaired) electrons. The number of benzene rings is 3. The smallest absolute Gasteiger partial charge is 0.489 e. The first kappa shape index (κ1) is 24.9. The highest BCUT2D eigenvalue weighted by atomic mass is 79.9. The molecule has 38 heavy (non-hydrogen) atoms. The van der Waals surface area contributed by atoms with Gasteiger partial charge in [0.15, 0.2) is 5.70 Å². The maximum absolute atomic E-state index is 15.7. The Labute approximate surface area is 235 Å². The van der Waals surface area contributed by atoms with Crippen molar-refractivity contribution < 1.29 is 22.6 Å². The number of halogens is 4. The molecular weight excluding hydrogens is 617 g/mol. The summed E-state index contributed by atoms with van der Waals surface area (Å²) < 4.78 is 46.5. The van der Waals surface area contributed by atoms with Crippen LogP contribution in [0, 0.1) is 0 Å². The first-order chi connectivity index (χ1) is 18.4. The molecule has 0 bridgehead atoms. The van der Waals surface area contributed by atoms with Crippen molar-refractivity contribution >= 4 is 49.0 Å². The van der Waals surface area contributed by atoms with E-state index in [1.54, 1.807) is 24.3 Å². The quantitative estimate of drug-likeness (QED) is 0.194. The van der Waals surface area contributed by atoms with Crippen LogP contribution in [0.25, 0.3) is 5.57 Å². The van der Waals surface area contributed by atoms with E-state index < -0.39 is 6.97 Å². The molecule has 0 N–H and O–H groups in total. The molecular formula is C29H21BBr2F2N2O2. The molecule has 0 fully saturated rings. The van der Waals surface area contributed by atoms with Gasteiger partial charge >= 0.3 is 6.97 Å². The van der Waals surface area contributed by atoms with E-state index in [0.717, 1.165) is 20.1 Å². The number of allylic oxidation sites excluding steroid dienone is 2. The zero-order chi connectivity index (χ0) is 26.3. The van der Waals surface area contributed by atoms with Crippen LogP contribution in [0.5, 0.6) is 11.5 Å². The number of aromatic nitrogens is 1. The highest BCUT2D eigenvalue weighted by Crippen LogP contribution is 2.43. The molecule has 2 aliphatic heterocycles. The minimum absolute atomic E-state index is 0.304. The molecule has 6 rings (SSSR count). The lowest BCUT2D eigenvalue weighted by molar-refractivity contribution is -0.358. The number of hydrogen-bond acceptors (Lipinski definition) is 2. The third-order valence-electron chi connectivity index (χ3n) is 6.54. The van der Waals surface area contributed by atoms with Gasteiger partial charge in [-0.15, -0.1) is 0 Å². The molecule has 0 spiro atoms. The van der Waals surface area contributed by atoms with Gasteiger partial charge in [-0.1, -0.05) is 60.7 Å². The predicted octanol–water partition coefficient (Wildman–Crippen LogP) is 7.78. The van der Waals surface area contributed by atoms with Gasteiger partial charge in [0, 0.05) is 39.8 Å². The Morgan fingerprint density at radius 2 is 1.32 bits per heavy atom. The Morgan fingerprint density at radius 3 is 1.89 bits per heavy atom. The van der Waals surface area contributed by atoms with Gasteiger partial charge in [-0.2, -0.15) is 0 Å². The number of hydrogen-bond donors (Lipinski definition) is 0. The molecule has 4 aromatic rings. The summed E-state index contributed by atoms with van der Waals surface area (Å²) in [5.41, 5.74) is 4.23. The number of fused-ring (bicyclic) bond motifs is 2. The third kappa shape index (κ3) is 4.54. The topological polar surface area (TPSA) is 26.4 Å². The molecule has 190 valence electrons. The van der Waals surface area contributed by atoms with Crippen molar-refractivity contribution in [1.82, 2.24) is 4.48 Å². The summed E-state index contributed by atoms with van der Waals surface area (Å²) in [5, 5.41) is 0. The van der Waals surface area contributed by atoms with Gasteiger partial charge in [0.25, 0.3) is 0 Å². The summed E-state index contributed by atoms with van der Waals surface area (Å²) in [7, 11) is 0. The summed E-state index contributed by atoms with van der Waals surface area (Å²) in [5.74, 6) is 1.17. The Bertz CT molecular complexity index is 1550. The van der Waals surface area contributed by atoms with E-state index in [2.05, 4.69) is 31.9 Å². The molecule has 0 saturated carbocycles. The molecule has 3 heterocycles. The third-order valence-corrected chi connectivity index (χ3v) is 7.83. The molecule has 0 aliphatic carbocycles. The summed E-state index contributed by atoms with van der Waals surface area (Å²) in [6, 6.07) is 28.7. The molecule has 3 aromatic carbocycles. The fourth-order valence-electron chi connectivity index (χ4n) is 4.79. The Hall–Kier alpha value is -3.43. The van der Waals surface area contributed by atoms with E-state index in [1.807, 2.05) is 78.9 Å². The second-order valence-electron chi connectivity index (χ2n) is 9.03. The monoisotopic (exact) mass is 636 g/mol. The largest absolute Gasteiger partial charge is 0.738 e. The SMILES string of the molecule is F[B-]1(F)n2c(Br)ccc2C(c2cc(OCc3ccccc3)cc(OCc3ccccc3)c2)=C2C=CC(Br)=[N+]21. The molecule has 1 aromatic heterocycles. The van der Waals surface area contributed by atoms with Crippen LogP contribution in [0.2, 0.25) is 0 Å². The van der Waals surface area contributed by atoms with Gasteiger partial charge in [0.05, 0.1) is 10.2 Å². The van der Waals surface area contributed by atoms with E-state index in [4.69, 9.17) is 9.47 Å². The average Bonchev–Trinajstić information content (AvgIpc) is 3.51. The van der Waals surface area contributed by atoms with Crippen LogP contribution in [0.3, 0.4) is 0 Å². The molecule has 0 saturated heterocycles. The minimum atomic E-state index is -4.11. The van der Waals surface area contributed by atoms with E-state index >= 15 is 8.63 Å². The first-order valence-corrected chi connectivity index (χ1v) is 13.6. The number of nitrogens with zero attached hydrogens (tertiary/aromatic N) is 2. The average molecular weight is 638 g/mol. The standard InChI is InChI=1S/C29H21BBr2F2N2O2/c31-27-13-11-25-29(26-12-14-28(32)36(26)30(33,34)35(25)27)22-15-23(37-18-20-7-3-1-4-8-20)17-24(16-22)38-19-21-9-5-2-6-10-21/h1-17H,18-19H2. The van der Waals surface area contributed by atoms with Gasteiger partial charge in [-0.25, -0.2) is 0 Å². The lowest BCUT2D eigenvalue weighted by atomic mass is 9.86. The maximum atomic E-state index is 15.7. The Kier molecular flexibility index (Phi) is 6.57. The molecule has 0 amide bonds. The number of ether oxygens (including phenoxy) is 2. The zero-order valence-corrected chi connectivity index (χ0v) is 23.2. The van der Waals surface area contributed by atoms with Crippen molar-refractivity contribution in [2.24, 2.45) is 0 Å². The highest BCUT2D eigenvalue weighted by molar-refractivity contribution is 9.18. The van der Waals surface area contributed by atoms with Gasteiger partial charge in [-0.3, -0.25) is 0 Å². The van der Waals surface area contributed by atoms with Crippen LogP contribution in [0.15, 0.2) is 113 Å².